The Morgan fingerprint density at radius 3 is 2.97 bits per heavy atom. The quantitative estimate of drug-likeness (QED) is 0.592. The minimum Gasteiger partial charge on any atom is -0.471 e. The fourth-order valence-electron chi connectivity index (χ4n) is 3.26. The molecule has 0 bridgehead atoms. The molecule has 3 aromatic rings. The van der Waals surface area contributed by atoms with Gasteiger partial charge in [-0.1, -0.05) is 17.7 Å². The number of esters is 1. The van der Waals surface area contributed by atoms with Gasteiger partial charge in [0.2, 0.25) is 0 Å². The van der Waals surface area contributed by atoms with Gasteiger partial charge in [-0.15, -0.1) is 11.3 Å². The summed E-state index contributed by atoms with van der Waals surface area (Å²) in [5, 5.41) is 7.96. The molecule has 7 nitrogen and oxygen atoms in total. The van der Waals surface area contributed by atoms with Gasteiger partial charge in [-0.05, 0) is 43.0 Å². The number of thiophene rings is 1. The van der Waals surface area contributed by atoms with Crippen LogP contribution in [0, 0.1) is 0 Å². The SMILES string of the molecule is COC(=O)c1c(NC(=O)c2cccc(OCn3cc(Cl)cn3)c2)sc2c1CCC2. The van der Waals surface area contributed by atoms with E-state index in [2.05, 4.69) is 10.4 Å². The van der Waals surface area contributed by atoms with Crippen LogP contribution in [0.2, 0.25) is 5.02 Å². The predicted octanol–water partition coefficient (Wildman–Crippen LogP) is 4.16. The zero-order valence-electron chi connectivity index (χ0n) is 15.6. The summed E-state index contributed by atoms with van der Waals surface area (Å²) >= 11 is 7.28. The Bertz CT molecular complexity index is 1080. The Kier molecular flexibility index (Phi) is 5.55. The predicted molar refractivity (Wildman–Crippen MR) is 110 cm³/mol. The maximum absolute atomic E-state index is 12.8. The van der Waals surface area contributed by atoms with Crippen LogP contribution in [0.5, 0.6) is 5.75 Å². The molecule has 2 aromatic heterocycles. The maximum atomic E-state index is 12.8. The first kappa shape index (κ1) is 19.5. The number of nitrogens with zero attached hydrogens (tertiary/aromatic N) is 2. The number of hydrogen-bond donors (Lipinski definition) is 1. The third kappa shape index (κ3) is 4.13. The van der Waals surface area contributed by atoms with Crippen molar-refractivity contribution in [2.24, 2.45) is 0 Å². The first-order valence-electron chi connectivity index (χ1n) is 9.00. The van der Waals surface area contributed by atoms with Gasteiger partial charge in [0.25, 0.3) is 5.91 Å². The molecule has 150 valence electrons. The first-order valence-corrected chi connectivity index (χ1v) is 10.2. The summed E-state index contributed by atoms with van der Waals surface area (Å²) in [6, 6.07) is 6.81. The summed E-state index contributed by atoms with van der Waals surface area (Å²) in [7, 11) is 1.35. The smallest absolute Gasteiger partial charge is 0.341 e. The third-order valence-electron chi connectivity index (χ3n) is 4.60. The molecule has 0 fully saturated rings. The topological polar surface area (TPSA) is 82.5 Å². The Balaban J connectivity index is 1.50. The van der Waals surface area contributed by atoms with E-state index in [1.54, 1.807) is 35.1 Å². The minimum absolute atomic E-state index is 0.169. The highest BCUT2D eigenvalue weighted by molar-refractivity contribution is 7.17. The molecule has 2 heterocycles. The lowest BCUT2D eigenvalue weighted by molar-refractivity contribution is 0.0601. The van der Waals surface area contributed by atoms with Crippen molar-refractivity contribution in [1.29, 1.82) is 0 Å². The van der Waals surface area contributed by atoms with Crippen LogP contribution in [-0.4, -0.2) is 28.8 Å². The van der Waals surface area contributed by atoms with Gasteiger partial charge in [-0.2, -0.15) is 5.10 Å². The molecule has 0 spiro atoms. The highest BCUT2D eigenvalue weighted by Gasteiger charge is 2.28. The number of aromatic nitrogens is 2. The Labute approximate surface area is 176 Å². The van der Waals surface area contributed by atoms with Gasteiger partial charge in [-0.25, -0.2) is 9.48 Å². The highest BCUT2D eigenvalue weighted by Crippen LogP contribution is 2.39. The van der Waals surface area contributed by atoms with Crippen LogP contribution >= 0.6 is 22.9 Å². The van der Waals surface area contributed by atoms with Gasteiger partial charge in [0, 0.05) is 16.6 Å². The molecule has 1 aliphatic rings. The van der Waals surface area contributed by atoms with E-state index in [1.165, 1.54) is 24.6 Å². The monoisotopic (exact) mass is 431 g/mol. The number of rotatable bonds is 6. The Morgan fingerprint density at radius 1 is 1.34 bits per heavy atom. The molecule has 1 aliphatic carbocycles. The van der Waals surface area contributed by atoms with Gasteiger partial charge in [0.1, 0.15) is 10.8 Å². The molecule has 0 atom stereocenters. The number of methoxy groups -OCH3 is 1. The number of hydrogen-bond acceptors (Lipinski definition) is 6. The number of carbonyl (C=O) groups excluding carboxylic acids is 2. The van der Waals surface area contributed by atoms with E-state index >= 15 is 0 Å². The van der Waals surface area contributed by atoms with Crippen molar-refractivity contribution >= 4 is 39.8 Å². The molecule has 29 heavy (non-hydrogen) atoms. The second-order valence-electron chi connectivity index (χ2n) is 6.51. The van der Waals surface area contributed by atoms with Gasteiger partial charge in [0.15, 0.2) is 6.73 Å². The van der Waals surface area contributed by atoms with E-state index in [1.807, 2.05) is 0 Å². The second kappa shape index (κ2) is 8.26. The average Bonchev–Trinajstić information content (AvgIpc) is 3.42. The largest absolute Gasteiger partial charge is 0.471 e. The van der Waals surface area contributed by atoms with Crippen molar-refractivity contribution in [1.82, 2.24) is 9.78 Å². The zero-order valence-corrected chi connectivity index (χ0v) is 17.2. The number of amides is 1. The first-order chi connectivity index (χ1) is 14.0. The molecular formula is C20H18ClN3O4S. The fourth-order valence-corrected chi connectivity index (χ4v) is 4.69. The van der Waals surface area contributed by atoms with Crippen LogP contribution in [0.15, 0.2) is 36.7 Å². The molecule has 0 saturated heterocycles. The molecule has 0 radical (unpaired) electrons. The van der Waals surface area contributed by atoms with Crippen molar-refractivity contribution in [2.45, 2.75) is 26.0 Å². The van der Waals surface area contributed by atoms with Crippen molar-refractivity contribution < 1.29 is 19.1 Å². The van der Waals surface area contributed by atoms with Crippen LogP contribution in [0.25, 0.3) is 0 Å². The molecule has 0 aliphatic heterocycles. The number of anilines is 1. The lowest BCUT2D eigenvalue weighted by atomic mass is 10.1. The highest BCUT2D eigenvalue weighted by atomic mass is 35.5. The number of carbonyl (C=O) groups is 2. The van der Waals surface area contributed by atoms with Crippen LogP contribution in [0.3, 0.4) is 0 Å². The maximum Gasteiger partial charge on any atom is 0.341 e. The van der Waals surface area contributed by atoms with Gasteiger partial charge >= 0.3 is 5.97 Å². The summed E-state index contributed by atoms with van der Waals surface area (Å²) in [6.45, 7) is 0.169. The van der Waals surface area contributed by atoms with E-state index in [0.29, 0.717) is 26.9 Å². The molecule has 0 saturated carbocycles. The lowest BCUT2D eigenvalue weighted by Gasteiger charge is -2.09. The summed E-state index contributed by atoms with van der Waals surface area (Å²) in [4.78, 5) is 26.2. The molecule has 1 aromatic carbocycles. The number of fused-ring (bicyclic) bond motifs is 1. The Hall–Kier alpha value is -2.84. The molecule has 9 heteroatoms. The molecular weight excluding hydrogens is 414 g/mol. The van der Waals surface area contributed by atoms with E-state index in [4.69, 9.17) is 21.1 Å². The molecule has 0 unspecified atom stereocenters. The molecule has 1 amide bonds. The van der Waals surface area contributed by atoms with Crippen molar-refractivity contribution in [3.8, 4) is 5.75 Å². The lowest BCUT2D eigenvalue weighted by Crippen LogP contribution is -2.15. The average molecular weight is 432 g/mol. The van der Waals surface area contributed by atoms with Crippen molar-refractivity contribution in [2.75, 3.05) is 12.4 Å². The van der Waals surface area contributed by atoms with Crippen LogP contribution in [-0.2, 0) is 24.3 Å². The van der Waals surface area contributed by atoms with E-state index < -0.39 is 5.97 Å². The third-order valence-corrected chi connectivity index (χ3v) is 6.00. The fraction of sp³-hybridized carbons (Fsp3) is 0.250. The van der Waals surface area contributed by atoms with E-state index in [0.717, 1.165) is 29.7 Å². The summed E-state index contributed by atoms with van der Waals surface area (Å²) in [5.74, 6) is -0.219. The van der Waals surface area contributed by atoms with Crippen LogP contribution in [0.4, 0.5) is 5.00 Å². The summed E-state index contributed by atoms with van der Waals surface area (Å²) in [6.07, 6.45) is 5.92. The van der Waals surface area contributed by atoms with Gasteiger partial charge in [-0.3, -0.25) is 4.79 Å². The number of aryl methyl sites for hydroxylation is 1. The summed E-state index contributed by atoms with van der Waals surface area (Å²) in [5.41, 5.74) is 1.89. The van der Waals surface area contributed by atoms with Crippen LogP contribution in [0.1, 0.15) is 37.6 Å². The molecule has 1 N–H and O–H groups in total. The normalized spacial score (nSPS) is 12.5. The number of benzene rings is 1. The number of ether oxygens (including phenoxy) is 2. The van der Waals surface area contributed by atoms with Crippen molar-refractivity contribution in [3.05, 3.63) is 63.2 Å². The second-order valence-corrected chi connectivity index (χ2v) is 8.05. The minimum atomic E-state index is -0.422. The Morgan fingerprint density at radius 2 is 2.21 bits per heavy atom. The number of nitrogens with one attached hydrogen (secondary N) is 1. The van der Waals surface area contributed by atoms with E-state index in [-0.39, 0.29) is 12.6 Å². The van der Waals surface area contributed by atoms with E-state index in [9.17, 15) is 9.59 Å². The molecule has 4 rings (SSSR count). The van der Waals surface area contributed by atoms with Crippen LogP contribution < -0.4 is 10.1 Å². The standard InChI is InChI=1S/C20H18ClN3O4S/c1-27-20(26)17-15-6-3-7-16(15)29-19(17)23-18(25)12-4-2-5-14(8-12)28-11-24-10-13(21)9-22-24/h2,4-5,8-10H,3,6-7,11H2,1H3,(H,23,25). The van der Waals surface area contributed by atoms with Gasteiger partial charge < -0.3 is 14.8 Å². The zero-order chi connectivity index (χ0) is 20.4. The summed E-state index contributed by atoms with van der Waals surface area (Å²) < 4.78 is 12.1. The number of halogens is 1. The van der Waals surface area contributed by atoms with Gasteiger partial charge in [0.05, 0.1) is 23.9 Å². The van der Waals surface area contributed by atoms with Crippen molar-refractivity contribution in [3.63, 3.8) is 0 Å².